The zero-order chi connectivity index (χ0) is 26.2. The molecule has 1 aliphatic rings. The lowest BCUT2D eigenvalue weighted by atomic mass is 9.96. The molecule has 10 heteroatoms. The Balaban J connectivity index is 1.47. The van der Waals surface area contributed by atoms with Crippen molar-refractivity contribution in [1.29, 1.82) is 0 Å². The molecule has 0 bridgehead atoms. The van der Waals surface area contributed by atoms with Crippen LogP contribution in [-0.2, 0) is 17.9 Å². The number of nitrogens with one attached hydrogen (secondary N) is 2. The van der Waals surface area contributed by atoms with Crippen molar-refractivity contribution in [2.24, 2.45) is 0 Å². The van der Waals surface area contributed by atoms with Gasteiger partial charge in [0.2, 0.25) is 17.7 Å². The van der Waals surface area contributed by atoms with Crippen LogP contribution in [0.2, 0.25) is 0 Å². The summed E-state index contributed by atoms with van der Waals surface area (Å²) < 4.78 is 28.3. The van der Waals surface area contributed by atoms with E-state index in [0.717, 1.165) is 33.8 Å². The molecule has 4 rings (SSSR count). The topological polar surface area (TPSA) is 113 Å². The number of benzene rings is 2. The second-order valence-electron chi connectivity index (χ2n) is 8.40. The van der Waals surface area contributed by atoms with Gasteiger partial charge in [0.05, 0.1) is 19.8 Å². The Labute approximate surface area is 216 Å². The predicted octanol–water partition coefficient (Wildman–Crippen LogP) is 3.05. The van der Waals surface area contributed by atoms with Crippen molar-refractivity contribution >= 4 is 5.91 Å². The first kappa shape index (κ1) is 26.0. The van der Waals surface area contributed by atoms with Crippen LogP contribution in [0.25, 0.3) is 11.1 Å². The number of ether oxygens (including phenoxy) is 5. The van der Waals surface area contributed by atoms with Gasteiger partial charge in [0.1, 0.15) is 19.8 Å². The van der Waals surface area contributed by atoms with E-state index in [1.54, 1.807) is 0 Å². The van der Waals surface area contributed by atoms with Crippen LogP contribution in [-0.4, -0.2) is 56.4 Å². The second kappa shape index (κ2) is 12.3. The second-order valence-corrected chi connectivity index (χ2v) is 8.40. The van der Waals surface area contributed by atoms with Gasteiger partial charge in [-0.15, -0.1) is 0 Å². The maximum atomic E-state index is 11.0. The fourth-order valence-corrected chi connectivity index (χ4v) is 4.02. The summed E-state index contributed by atoms with van der Waals surface area (Å²) in [6.07, 6.45) is 0. The monoisotopic (exact) mass is 508 g/mol. The molecule has 196 valence electrons. The summed E-state index contributed by atoms with van der Waals surface area (Å²) in [5, 5.41) is 5.96. The normalized spacial score (nSPS) is 12.1. The van der Waals surface area contributed by atoms with E-state index in [1.165, 1.54) is 21.1 Å². The summed E-state index contributed by atoms with van der Waals surface area (Å²) in [4.78, 5) is 19.9. The molecule has 37 heavy (non-hydrogen) atoms. The largest absolute Gasteiger partial charge is 0.486 e. The molecule has 1 amide bonds. The molecule has 1 aliphatic heterocycles. The van der Waals surface area contributed by atoms with E-state index in [1.807, 2.05) is 30.3 Å². The molecule has 0 radical (unpaired) electrons. The molecule has 0 atom stereocenters. The number of fused-ring (bicyclic) bond motifs is 1. The van der Waals surface area contributed by atoms with Crippen LogP contribution in [0.4, 0.5) is 0 Å². The number of hydrogen-bond donors (Lipinski definition) is 2. The number of amides is 1. The van der Waals surface area contributed by atoms with E-state index in [2.05, 4.69) is 33.6 Å². The molecule has 2 aromatic carbocycles. The highest BCUT2D eigenvalue weighted by molar-refractivity contribution is 5.72. The van der Waals surface area contributed by atoms with Crippen LogP contribution in [0.15, 0.2) is 36.4 Å². The van der Waals surface area contributed by atoms with Crippen molar-refractivity contribution in [1.82, 2.24) is 20.6 Å². The predicted molar refractivity (Wildman–Crippen MR) is 137 cm³/mol. The summed E-state index contributed by atoms with van der Waals surface area (Å²) in [6.45, 7) is 6.40. The van der Waals surface area contributed by atoms with E-state index in [0.29, 0.717) is 50.2 Å². The summed E-state index contributed by atoms with van der Waals surface area (Å²) >= 11 is 0. The van der Waals surface area contributed by atoms with Gasteiger partial charge < -0.3 is 34.3 Å². The number of carbonyl (C=O) groups excluding carboxylic acids is 1. The molecule has 0 saturated carbocycles. The van der Waals surface area contributed by atoms with Crippen LogP contribution < -0.4 is 34.3 Å². The fraction of sp³-hybridized carbons (Fsp3) is 0.370. The van der Waals surface area contributed by atoms with Crippen molar-refractivity contribution in [2.45, 2.75) is 27.0 Å². The minimum atomic E-state index is -0.0751. The zero-order valence-corrected chi connectivity index (χ0v) is 21.6. The Kier molecular flexibility index (Phi) is 8.63. The first-order valence-electron chi connectivity index (χ1n) is 12.1. The summed E-state index contributed by atoms with van der Waals surface area (Å²) in [5.41, 5.74) is 4.86. The molecule has 0 fully saturated rings. The SMILES string of the molecule is COc1nc(OCc2cccc(-c3ccc4c(c3)OCCO4)c2C)nc(OC)c1CNCCNC(C)=O. The molecule has 10 nitrogen and oxygen atoms in total. The lowest BCUT2D eigenvalue weighted by Crippen LogP contribution is -2.30. The highest BCUT2D eigenvalue weighted by atomic mass is 16.6. The Morgan fingerprint density at radius 3 is 2.43 bits per heavy atom. The van der Waals surface area contributed by atoms with E-state index < -0.39 is 0 Å². The maximum Gasteiger partial charge on any atom is 0.323 e. The molecule has 0 unspecified atom stereocenters. The molecular weight excluding hydrogens is 476 g/mol. The average Bonchev–Trinajstić information content (AvgIpc) is 2.91. The maximum absolute atomic E-state index is 11.0. The van der Waals surface area contributed by atoms with E-state index >= 15 is 0 Å². The molecule has 0 spiro atoms. The number of nitrogens with zero attached hydrogens (tertiary/aromatic N) is 2. The zero-order valence-electron chi connectivity index (χ0n) is 21.6. The van der Waals surface area contributed by atoms with Gasteiger partial charge in [-0.05, 0) is 41.3 Å². The third-order valence-electron chi connectivity index (χ3n) is 5.93. The lowest BCUT2D eigenvalue weighted by molar-refractivity contribution is -0.118. The van der Waals surface area contributed by atoms with Crippen molar-refractivity contribution in [3.63, 3.8) is 0 Å². The van der Waals surface area contributed by atoms with Gasteiger partial charge in [0, 0.05) is 26.6 Å². The van der Waals surface area contributed by atoms with Crippen molar-refractivity contribution in [3.8, 4) is 40.4 Å². The minimum Gasteiger partial charge on any atom is -0.486 e. The summed E-state index contributed by atoms with van der Waals surface area (Å²) in [7, 11) is 3.07. The Morgan fingerprint density at radius 2 is 1.73 bits per heavy atom. The Bertz CT molecular complexity index is 1220. The Morgan fingerprint density at radius 1 is 1.00 bits per heavy atom. The standard InChI is InChI=1S/C27H32N4O6/c1-17-20(6-5-7-21(17)19-8-9-23-24(14-19)36-13-12-35-23)16-37-27-30-25(33-3)22(26(31-27)34-4)15-28-10-11-29-18(2)32/h5-9,14,28H,10-13,15-16H2,1-4H3,(H,29,32). The van der Waals surface area contributed by atoms with Crippen molar-refractivity contribution in [2.75, 3.05) is 40.5 Å². The van der Waals surface area contributed by atoms with Gasteiger partial charge in [-0.3, -0.25) is 4.79 Å². The van der Waals surface area contributed by atoms with E-state index in [-0.39, 0.29) is 18.5 Å². The van der Waals surface area contributed by atoms with Gasteiger partial charge in [0.25, 0.3) is 0 Å². The first-order valence-corrected chi connectivity index (χ1v) is 12.1. The first-order chi connectivity index (χ1) is 18.0. The van der Waals surface area contributed by atoms with Crippen molar-refractivity contribution in [3.05, 3.63) is 53.1 Å². The molecule has 0 aliphatic carbocycles. The number of rotatable bonds is 11. The quantitative estimate of drug-likeness (QED) is 0.377. The van der Waals surface area contributed by atoms with E-state index in [9.17, 15) is 4.79 Å². The van der Waals surface area contributed by atoms with Crippen LogP contribution in [0.5, 0.6) is 29.3 Å². The van der Waals surface area contributed by atoms with Crippen molar-refractivity contribution < 1.29 is 28.5 Å². The van der Waals surface area contributed by atoms with Gasteiger partial charge in [0.15, 0.2) is 11.5 Å². The highest BCUT2D eigenvalue weighted by Crippen LogP contribution is 2.36. The average molecular weight is 509 g/mol. The molecule has 2 N–H and O–H groups in total. The summed E-state index contributed by atoms with van der Waals surface area (Å²) in [5.74, 6) is 2.15. The third-order valence-corrected chi connectivity index (χ3v) is 5.93. The van der Waals surface area contributed by atoms with E-state index in [4.69, 9.17) is 23.7 Å². The smallest absolute Gasteiger partial charge is 0.323 e. The van der Waals surface area contributed by atoms with Crippen LogP contribution >= 0.6 is 0 Å². The van der Waals surface area contributed by atoms with Crippen LogP contribution in [0.1, 0.15) is 23.6 Å². The van der Waals surface area contributed by atoms with Gasteiger partial charge in [-0.1, -0.05) is 24.3 Å². The molecule has 3 aromatic rings. The molecule has 2 heterocycles. The fourth-order valence-electron chi connectivity index (χ4n) is 4.02. The summed E-state index contributed by atoms with van der Waals surface area (Å²) in [6, 6.07) is 12.2. The highest BCUT2D eigenvalue weighted by Gasteiger charge is 2.18. The minimum absolute atomic E-state index is 0.0751. The van der Waals surface area contributed by atoms with Gasteiger partial charge in [-0.25, -0.2) is 0 Å². The molecular formula is C27H32N4O6. The third kappa shape index (κ3) is 6.39. The number of hydrogen-bond acceptors (Lipinski definition) is 9. The van der Waals surface area contributed by atoms with Crippen LogP contribution in [0.3, 0.4) is 0 Å². The van der Waals surface area contributed by atoms with Crippen LogP contribution in [0, 0.1) is 6.92 Å². The number of methoxy groups -OCH3 is 2. The Hall–Kier alpha value is -4.05. The lowest BCUT2D eigenvalue weighted by Gasteiger charge is -2.19. The number of carbonyl (C=O) groups is 1. The molecule has 1 aromatic heterocycles. The molecule has 0 saturated heterocycles. The van der Waals surface area contributed by atoms with Gasteiger partial charge >= 0.3 is 6.01 Å². The van der Waals surface area contributed by atoms with Gasteiger partial charge in [-0.2, -0.15) is 9.97 Å². The number of aromatic nitrogens is 2.